The van der Waals surface area contributed by atoms with Gasteiger partial charge in [-0.25, -0.2) is 0 Å². The van der Waals surface area contributed by atoms with E-state index in [0.29, 0.717) is 23.5 Å². The predicted octanol–water partition coefficient (Wildman–Crippen LogP) is 3.02. The maximum atomic E-state index is 6.10. The minimum absolute atomic E-state index is 0.348. The number of aliphatic imine (C=N–C) groups is 1. The lowest BCUT2D eigenvalue weighted by atomic mass is 9.54. The monoisotopic (exact) mass is 331 g/mol. The van der Waals surface area contributed by atoms with Crippen LogP contribution in [0.5, 0.6) is 0 Å². The van der Waals surface area contributed by atoms with Gasteiger partial charge in [0.2, 0.25) is 0 Å². The molecule has 3 fully saturated rings. The van der Waals surface area contributed by atoms with Crippen molar-refractivity contribution in [1.82, 2.24) is 10.2 Å². The fraction of sp³-hybridized carbons (Fsp3) is 0.737. The summed E-state index contributed by atoms with van der Waals surface area (Å²) in [6.07, 6.45) is 8.68. The van der Waals surface area contributed by atoms with Crippen molar-refractivity contribution in [2.75, 3.05) is 20.2 Å². The van der Waals surface area contributed by atoms with Gasteiger partial charge in [0, 0.05) is 37.6 Å². The lowest BCUT2D eigenvalue weighted by Crippen LogP contribution is -2.69. The summed E-state index contributed by atoms with van der Waals surface area (Å²) in [7, 11) is 2.09. The van der Waals surface area contributed by atoms with Crippen LogP contribution in [0.15, 0.2) is 27.8 Å². The van der Waals surface area contributed by atoms with Crippen molar-refractivity contribution in [3.63, 3.8) is 0 Å². The third-order valence-corrected chi connectivity index (χ3v) is 6.21. The molecule has 132 valence electrons. The summed E-state index contributed by atoms with van der Waals surface area (Å²) in [6.45, 7) is 4.55. The van der Waals surface area contributed by atoms with E-state index in [1.54, 1.807) is 6.26 Å². The number of nitrogens with one attached hydrogen (secondary N) is 1. The molecule has 1 aromatic heterocycles. The zero-order chi connectivity index (χ0) is 16.6. The molecule has 3 atom stereocenters. The maximum Gasteiger partial charge on any atom is 0.194 e. The molecule has 5 nitrogen and oxygen atoms in total. The summed E-state index contributed by atoms with van der Waals surface area (Å²) in [5, 5.41) is 3.83. The Bertz CT molecular complexity index is 577. The molecule has 0 radical (unpaired) electrons. The Hall–Kier alpha value is -1.49. The van der Waals surface area contributed by atoms with Crippen molar-refractivity contribution in [2.24, 2.45) is 16.3 Å². The largest absolute Gasteiger partial charge is 0.467 e. The Balaban J connectivity index is 1.49. The Morgan fingerprint density at radius 3 is 2.96 bits per heavy atom. The van der Waals surface area contributed by atoms with E-state index in [1.165, 1.54) is 32.1 Å². The van der Waals surface area contributed by atoms with Crippen molar-refractivity contribution in [3.05, 3.63) is 24.2 Å². The van der Waals surface area contributed by atoms with Gasteiger partial charge >= 0.3 is 0 Å². The Morgan fingerprint density at radius 2 is 2.25 bits per heavy atom. The van der Waals surface area contributed by atoms with Crippen molar-refractivity contribution >= 4 is 5.96 Å². The lowest BCUT2D eigenvalue weighted by Gasteiger charge is -2.57. The van der Waals surface area contributed by atoms with Gasteiger partial charge in [-0.15, -0.1) is 0 Å². The molecule has 1 aromatic rings. The highest BCUT2D eigenvalue weighted by molar-refractivity contribution is 5.80. The molecule has 0 amide bonds. The van der Waals surface area contributed by atoms with Crippen molar-refractivity contribution in [2.45, 2.75) is 57.7 Å². The van der Waals surface area contributed by atoms with Crippen LogP contribution in [-0.4, -0.2) is 43.2 Å². The van der Waals surface area contributed by atoms with Crippen LogP contribution < -0.4 is 5.32 Å². The fourth-order valence-corrected chi connectivity index (χ4v) is 5.18. The summed E-state index contributed by atoms with van der Waals surface area (Å²) in [5.41, 5.74) is 0.348. The van der Waals surface area contributed by atoms with Gasteiger partial charge in [0.05, 0.1) is 18.9 Å². The standard InChI is InChI=1S/C19H29N3O2/c1-3-20-18(22(2)13-14-7-6-11-23-14)21-16-15-8-12-24-17(15)19(16)9-4-5-10-19/h6-7,11,15-17H,3-5,8-10,12-13H2,1-2H3,(H,20,21). The zero-order valence-electron chi connectivity index (χ0n) is 14.8. The number of furan rings is 1. The number of guanidine groups is 1. The van der Waals surface area contributed by atoms with Gasteiger partial charge < -0.3 is 19.4 Å². The molecule has 0 bridgehead atoms. The SMILES string of the molecule is CCN=C(NC1C2CCOC2C12CCCC2)N(C)Cc1ccco1. The lowest BCUT2D eigenvalue weighted by molar-refractivity contribution is -0.125. The molecule has 1 spiro atoms. The average Bonchev–Trinajstić information content (AvgIpc) is 3.30. The summed E-state index contributed by atoms with van der Waals surface area (Å²) in [4.78, 5) is 6.92. The maximum absolute atomic E-state index is 6.10. The molecule has 1 aliphatic heterocycles. The van der Waals surface area contributed by atoms with Crippen molar-refractivity contribution in [1.29, 1.82) is 0 Å². The predicted molar refractivity (Wildman–Crippen MR) is 93.8 cm³/mol. The molecule has 2 saturated carbocycles. The molecular formula is C19H29N3O2. The normalized spacial score (nSPS) is 31.1. The Labute approximate surface area is 144 Å². The number of hydrogen-bond donors (Lipinski definition) is 1. The van der Waals surface area contributed by atoms with Crippen LogP contribution in [0.3, 0.4) is 0 Å². The smallest absolute Gasteiger partial charge is 0.194 e. The number of hydrogen-bond acceptors (Lipinski definition) is 3. The molecular weight excluding hydrogens is 302 g/mol. The van der Waals surface area contributed by atoms with Crippen molar-refractivity contribution < 1.29 is 9.15 Å². The summed E-state index contributed by atoms with van der Waals surface area (Å²) in [6, 6.07) is 4.47. The fourth-order valence-electron chi connectivity index (χ4n) is 5.18. The highest BCUT2D eigenvalue weighted by atomic mass is 16.5. The molecule has 1 N–H and O–H groups in total. The second-order valence-electron chi connectivity index (χ2n) is 7.54. The number of rotatable bonds is 4. The highest BCUT2D eigenvalue weighted by Gasteiger charge is 2.65. The second kappa shape index (κ2) is 6.43. The van der Waals surface area contributed by atoms with Crippen molar-refractivity contribution in [3.8, 4) is 0 Å². The quantitative estimate of drug-likeness (QED) is 0.681. The number of fused-ring (bicyclic) bond motifs is 2. The number of nitrogens with zero attached hydrogens (tertiary/aromatic N) is 2. The molecule has 2 heterocycles. The van der Waals surface area contributed by atoms with Crippen LogP contribution in [-0.2, 0) is 11.3 Å². The number of ether oxygens (including phenoxy) is 1. The Morgan fingerprint density at radius 1 is 1.42 bits per heavy atom. The Kier molecular flexibility index (Phi) is 4.29. The van der Waals surface area contributed by atoms with E-state index in [2.05, 4.69) is 24.2 Å². The van der Waals surface area contributed by atoms with E-state index in [9.17, 15) is 0 Å². The van der Waals surface area contributed by atoms with Crippen LogP contribution in [0, 0.1) is 11.3 Å². The summed E-state index contributed by atoms with van der Waals surface area (Å²) < 4.78 is 11.6. The first-order valence-electron chi connectivity index (χ1n) is 9.41. The third kappa shape index (κ3) is 2.53. The van der Waals surface area contributed by atoms with Crippen LogP contribution in [0.2, 0.25) is 0 Å². The molecule has 3 unspecified atom stereocenters. The molecule has 0 aromatic carbocycles. The van der Waals surface area contributed by atoms with Gasteiger partial charge in [-0.2, -0.15) is 0 Å². The third-order valence-electron chi connectivity index (χ3n) is 6.21. The van der Waals surface area contributed by atoms with Crippen LogP contribution in [0.25, 0.3) is 0 Å². The van der Waals surface area contributed by atoms with E-state index in [4.69, 9.17) is 14.1 Å². The van der Waals surface area contributed by atoms with Gasteiger partial charge in [0.1, 0.15) is 5.76 Å². The average molecular weight is 331 g/mol. The molecule has 4 rings (SSSR count). The van der Waals surface area contributed by atoms with Crippen LogP contribution in [0.1, 0.15) is 44.8 Å². The van der Waals surface area contributed by atoms with Gasteiger partial charge in [0.15, 0.2) is 5.96 Å². The molecule has 1 saturated heterocycles. The van der Waals surface area contributed by atoms with E-state index < -0.39 is 0 Å². The molecule has 2 aliphatic carbocycles. The first kappa shape index (κ1) is 16.0. The summed E-state index contributed by atoms with van der Waals surface area (Å²) in [5.74, 6) is 2.62. The van der Waals surface area contributed by atoms with Gasteiger partial charge in [-0.1, -0.05) is 12.8 Å². The van der Waals surface area contributed by atoms with E-state index in [0.717, 1.165) is 31.4 Å². The minimum atomic E-state index is 0.348. The van der Waals surface area contributed by atoms with Gasteiger partial charge in [0.25, 0.3) is 0 Å². The minimum Gasteiger partial charge on any atom is -0.467 e. The molecule has 5 heteroatoms. The second-order valence-corrected chi connectivity index (χ2v) is 7.54. The summed E-state index contributed by atoms with van der Waals surface area (Å²) >= 11 is 0. The van der Waals surface area contributed by atoms with Gasteiger partial charge in [-0.05, 0) is 38.3 Å². The van der Waals surface area contributed by atoms with E-state index >= 15 is 0 Å². The zero-order valence-corrected chi connectivity index (χ0v) is 14.8. The first-order valence-corrected chi connectivity index (χ1v) is 9.41. The van der Waals surface area contributed by atoms with E-state index in [-0.39, 0.29) is 0 Å². The van der Waals surface area contributed by atoms with Crippen LogP contribution >= 0.6 is 0 Å². The highest BCUT2D eigenvalue weighted by Crippen LogP contribution is 2.60. The molecule has 24 heavy (non-hydrogen) atoms. The molecule has 3 aliphatic rings. The van der Waals surface area contributed by atoms with Gasteiger partial charge in [-0.3, -0.25) is 4.99 Å². The topological polar surface area (TPSA) is 50.0 Å². The van der Waals surface area contributed by atoms with E-state index in [1.807, 2.05) is 12.1 Å². The van der Waals surface area contributed by atoms with Crippen LogP contribution in [0.4, 0.5) is 0 Å². The first-order chi connectivity index (χ1) is 11.7.